The SMILES string of the molecule is CC(C)S(=O)(=O)CC1CN(C(=O)OC(C)(C)C)CCC1N1CCC(N)C1=O. The lowest BCUT2D eigenvalue weighted by Crippen LogP contribution is -2.56. The third kappa shape index (κ3) is 5.34. The Morgan fingerprint density at radius 3 is 2.37 bits per heavy atom. The van der Waals surface area contributed by atoms with Crippen molar-refractivity contribution in [2.75, 3.05) is 25.4 Å². The van der Waals surface area contributed by atoms with E-state index in [0.717, 1.165) is 0 Å². The van der Waals surface area contributed by atoms with Crippen molar-refractivity contribution in [3.63, 3.8) is 0 Å². The van der Waals surface area contributed by atoms with Crippen LogP contribution in [0.5, 0.6) is 0 Å². The zero-order chi connectivity index (χ0) is 20.6. The molecule has 0 aliphatic carbocycles. The number of nitrogens with two attached hydrogens (primary N) is 1. The van der Waals surface area contributed by atoms with Crippen LogP contribution in [0.15, 0.2) is 0 Å². The van der Waals surface area contributed by atoms with Crippen LogP contribution in [0.1, 0.15) is 47.5 Å². The Kier molecular flexibility index (Phi) is 6.46. The van der Waals surface area contributed by atoms with Crippen molar-refractivity contribution in [1.29, 1.82) is 0 Å². The minimum absolute atomic E-state index is 0.0619. The molecule has 0 spiro atoms. The van der Waals surface area contributed by atoms with Gasteiger partial charge in [0, 0.05) is 31.6 Å². The molecule has 0 bridgehead atoms. The molecule has 2 amide bonds. The second-order valence-electron chi connectivity index (χ2n) is 8.85. The number of likely N-dealkylation sites (tertiary alicyclic amines) is 2. The first-order valence-electron chi connectivity index (χ1n) is 9.57. The number of piperidine rings is 1. The van der Waals surface area contributed by atoms with Crippen LogP contribution in [0.25, 0.3) is 0 Å². The lowest BCUT2D eigenvalue weighted by molar-refractivity contribution is -0.132. The van der Waals surface area contributed by atoms with Gasteiger partial charge in [-0.15, -0.1) is 0 Å². The predicted octanol–water partition coefficient (Wildman–Crippen LogP) is 0.995. The summed E-state index contributed by atoms with van der Waals surface area (Å²) >= 11 is 0. The number of rotatable bonds is 4. The van der Waals surface area contributed by atoms with Crippen LogP contribution in [-0.2, 0) is 19.4 Å². The number of carbonyl (C=O) groups is 2. The van der Waals surface area contributed by atoms with Crippen molar-refractivity contribution < 1.29 is 22.7 Å². The lowest BCUT2D eigenvalue weighted by atomic mass is 9.92. The standard InChI is InChI=1S/C18H33N3O5S/c1-12(2)27(24,25)11-13-10-20(17(23)26-18(3,4)5)8-7-15(13)21-9-6-14(19)16(21)22/h12-15H,6-11,19H2,1-5H3. The van der Waals surface area contributed by atoms with Crippen molar-refractivity contribution in [3.8, 4) is 0 Å². The molecular formula is C18H33N3O5S. The highest BCUT2D eigenvalue weighted by Crippen LogP contribution is 2.29. The van der Waals surface area contributed by atoms with Gasteiger partial charge in [0.25, 0.3) is 0 Å². The molecule has 0 aromatic heterocycles. The van der Waals surface area contributed by atoms with Crippen molar-refractivity contribution in [2.45, 2.75) is 70.4 Å². The summed E-state index contributed by atoms with van der Waals surface area (Å²) in [6, 6.07) is -0.741. The molecule has 2 aliphatic rings. The highest BCUT2D eigenvalue weighted by atomic mass is 32.2. The molecule has 3 unspecified atom stereocenters. The summed E-state index contributed by atoms with van der Waals surface area (Å²) in [4.78, 5) is 28.1. The maximum atomic E-state index is 12.5. The van der Waals surface area contributed by atoms with E-state index >= 15 is 0 Å². The third-order valence-corrected chi connectivity index (χ3v) is 7.52. The zero-order valence-electron chi connectivity index (χ0n) is 17.0. The summed E-state index contributed by atoms with van der Waals surface area (Å²) < 4.78 is 30.5. The molecule has 2 saturated heterocycles. The van der Waals surface area contributed by atoms with Gasteiger partial charge in [-0.2, -0.15) is 0 Å². The van der Waals surface area contributed by atoms with Crippen LogP contribution in [-0.4, -0.2) is 78.5 Å². The Balaban J connectivity index is 2.20. The van der Waals surface area contributed by atoms with Crippen LogP contribution < -0.4 is 5.73 Å². The van der Waals surface area contributed by atoms with E-state index in [1.165, 1.54) is 0 Å². The average molecular weight is 404 g/mol. The van der Waals surface area contributed by atoms with Gasteiger partial charge in [0.05, 0.1) is 17.0 Å². The molecule has 0 aromatic carbocycles. The molecule has 2 heterocycles. The average Bonchev–Trinajstić information content (AvgIpc) is 2.85. The molecule has 9 heteroatoms. The van der Waals surface area contributed by atoms with Gasteiger partial charge in [0.1, 0.15) is 5.60 Å². The maximum Gasteiger partial charge on any atom is 0.410 e. The Morgan fingerprint density at radius 1 is 1.26 bits per heavy atom. The molecule has 8 nitrogen and oxygen atoms in total. The quantitative estimate of drug-likeness (QED) is 0.750. The number of sulfone groups is 1. The summed E-state index contributed by atoms with van der Waals surface area (Å²) in [7, 11) is -3.32. The van der Waals surface area contributed by atoms with Crippen molar-refractivity contribution in [1.82, 2.24) is 9.80 Å². The monoisotopic (exact) mass is 403 g/mol. The Morgan fingerprint density at radius 2 is 1.89 bits per heavy atom. The number of amides is 2. The molecule has 0 radical (unpaired) electrons. The van der Waals surface area contributed by atoms with Crippen molar-refractivity contribution in [3.05, 3.63) is 0 Å². The second-order valence-corrected chi connectivity index (χ2v) is 11.4. The van der Waals surface area contributed by atoms with Crippen molar-refractivity contribution in [2.24, 2.45) is 11.7 Å². The van der Waals surface area contributed by atoms with Crippen LogP contribution in [0.3, 0.4) is 0 Å². The summed E-state index contributed by atoms with van der Waals surface area (Å²) in [6.07, 6.45) is 0.655. The van der Waals surface area contributed by atoms with Gasteiger partial charge in [0.2, 0.25) is 5.91 Å². The van der Waals surface area contributed by atoms with E-state index in [-0.39, 0.29) is 30.2 Å². The molecule has 2 aliphatic heterocycles. The van der Waals surface area contributed by atoms with Gasteiger partial charge in [-0.05, 0) is 47.5 Å². The van der Waals surface area contributed by atoms with E-state index in [1.807, 2.05) is 0 Å². The van der Waals surface area contributed by atoms with Gasteiger partial charge < -0.3 is 20.3 Å². The summed E-state index contributed by atoms with van der Waals surface area (Å²) in [6.45, 7) is 9.90. The molecule has 0 saturated carbocycles. The topological polar surface area (TPSA) is 110 Å². The summed E-state index contributed by atoms with van der Waals surface area (Å²) in [5, 5.41) is -0.508. The van der Waals surface area contributed by atoms with Crippen molar-refractivity contribution >= 4 is 21.8 Å². The molecule has 3 atom stereocenters. The van der Waals surface area contributed by atoms with Gasteiger partial charge in [-0.3, -0.25) is 4.79 Å². The Bertz CT molecular complexity index is 671. The largest absolute Gasteiger partial charge is 0.444 e. The number of hydrogen-bond donors (Lipinski definition) is 1. The molecule has 2 N–H and O–H groups in total. The highest BCUT2D eigenvalue weighted by Gasteiger charge is 2.43. The second kappa shape index (κ2) is 7.95. The van der Waals surface area contributed by atoms with Crippen LogP contribution in [0, 0.1) is 5.92 Å². The molecule has 0 aromatic rings. The van der Waals surface area contributed by atoms with Crippen LogP contribution in [0.2, 0.25) is 0 Å². The number of hydrogen-bond acceptors (Lipinski definition) is 6. The van der Waals surface area contributed by atoms with Gasteiger partial charge in [-0.25, -0.2) is 13.2 Å². The Labute approximate surface area is 162 Å². The van der Waals surface area contributed by atoms with E-state index < -0.39 is 32.8 Å². The number of nitrogens with zero attached hydrogens (tertiary/aromatic N) is 2. The molecule has 2 fully saturated rings. The third-order valence-electron chi connectivity index (χ3n) is 5.19. The zero-order valence-corrected chi connectivity index (χ0v) is 17.8. The fourth-order valence-corrected chi connectivity index (χ4v) is 4.94. The van der Waals surface area contributed by atoms with E-state index in [9.17, 15) is 18.0 Å². The van der Waals surface area contributed by atoms with Gasteiger partial charge in [-0.1, -0.05) is 0 Å². The summed E-state index contributed by atoms with van der Waals surface area (Å²) in [5.41, 5.74) is 5.23. The maximum absolute atomic E-state index is 12.5. The number of ether oxygens (including phenoxy) is 1. The van der Waals surface area contributed by atoms with E-state index in [0.29, 0.717) is 25.9 Å². The molecule has 2 rings (SSSR count). The molecular weight excluding hydrogens is 370 g/mol. The Hall–Kier alpha value is -1.35. The van der Waals surface area contributed by atoms with E-state index in [2.05, 4.69) is 0 Å². The molecule has 27 heavy (non-hydrogen) atoms. The van der Waals surface area contributed by atoms with E-state index in [1.54, 1.807) is 44.4 Å². The number of carbonyl (C=O) groups excluding carboxylic acids is 2. The predicted molar refractivity (Wildman–Crippen MR) is 103 cm³/mol. The van der Waals surface area contributed by atoms with Gasteiger partial charge >= 0.3 is 6.09 Å². The lowest BCUT2D eigenvalue weighted by Gasteiger charge is -2.42. The fraction of sp³-hybridized carbons (Fsp3) is 0.889. The first-order chi connectivity index (χ1) is 12.3. The molecule has 156 valence electrons. The minimum atomic E-state index is -3.32. The van der Waals surface area contributed by atoms with E-state index in [4.69, 9.17) is 10.5 Å². The van der Waals surface area contributed by atoms with Crippen LogP contribution in [0.4, 0.5) is 4.79 Å². The first-order valence-corrected chi connectivity index (χ1v) is 11.3. The highest BCUT2D eigenvalue weighted by molar-refractivity contribution is 7.91. The minimum Gasteiger partial charge on any atom is -0.444 e. The normalized spacial score (nSPS) is 27.4. The summed E-state index contributed by atoms with van der Waals surface area (Å²) in [5.74, 6) is -0.543. The smallest absolute Gasteiger partial charge is 0.410 e. The van der Waals surface area contributed by atoms with Gasteiger partial charge in [0.15, 0.2) is 9.84 Å². The van der Waals surface area contributed by atoms with Crippen LogP contribution >= 0.6 is 0 Å². The fourth-order valence-electron chi connectivity index (χ4n) is 3.63. The first kappa shape index (κ1) is 21.9.